The second kappa shape index (κ2) is 15.7. The van der Waals surface area contributed by atoms with Crippen molar-refractivity contribution in [3.05, 3.63) is 92.4 Å². The number of thiazole rings is 1. The van der Waals surface area contributed by atoms with Gasteiger partial charge in [-0.1, -0.05) is 95.7 Å². The number of carbonyl (C=O) groups is 4. The molecule has 5 rings (SSSR count). The molecule has 1 unspecified atom stereocenters. The molecule has 0 spiro atoms. The first-order valence-electron chi connectivity index (χ1n) is 15.1. The number of oxime groups is 1. The van der Waals surface area contributed by atoms with Gasteiger partial charge in [-0.3, -0.25) is 14.5 Å². The quantitative estimate of drug-likeness (QED) is 0.109. The number of benzene rings is 2. The van der Waals surface area contributed by atoms with Crippen LogP contribution in [0.1, 0.15) is 50.6 Å². The molecule has 0 saturated carbocycles. The lowest BCUT2D eigenvalue weighted by atomic mass is 10.0. The number of hydrogen-bond acceptors (Lipinski definition) is 13. The summed E-state index contributed by atoms with van der Waals surface area (Å²) in [7, 11) is 0. The number of nitrogens with zero attached hydrogens (tertiary/aromatic N) is 3. The maximum atomic E-state index is 14.0. The zero-order valence-electron chi connectivity index (χ0n) is 27.0. The summed E-state index contributed by atoms with van der Waals surface area (Å²) in [5.41, 5.74) is 6.27. The number of anilines is 1. The van der Waals surface area contributed by atoms with Gasteiger partial charge in [-0.2, -0.15) is 0 Å². The second-order valence-electron chi connectivity index (χ2n) is 11.6. The van der Waals surface area contributed by atoms with E-state index in [-0.39, 0.29) is 26.6 Å². The molecule has 2 aromatic carbocycles. The largest absolute Gasteiger partial charge is 0.457 e. The van der Waals surface area contributed by atoms with Gasteiger partial charge < -0.3 is 25.4 Å². The van der Waals surface area contributed by atoms with Gasteiger partial charge in [0.05, 0.1) is 0 Å². The molecule has 3 N–H and O–H groups in total. The molecule has 12 nitrogen and oxygen atoms in total. The number of esters is 2. The standard InChI is InChI=1S/C33H34ClN5O7S3/c1-5-47-20-17-48-30-24(36-28(41)23(22-27(34)49-32(35)37-22)38-44-16-21(40)46-33(2,3)4)29(42)39(30)25(20)31(43)45-26(18-12-8-6-9-13-18)19-14-10-7-11-15-19/h6-15,24,26,30H,5,16-17H2,1-4H3,(H2,35,37)(H,36,41)/b38-23+/t24?,30-/m1/s1. The van der Waals surface area contributed by atoms with Gasteiger partial charge in [0, 0.05) is 10.7 Å². The Balaban J connectivity index is 1.37. The van der Waals surface area contributed by atoms with Crippen molar-refractivity contribution in [3.63, 3.8) is 0 Å². The van der Waals surface area contributed by atoms with Crippen LogP contribution in [0.15, 0.2) is 76.4 Å². The molecule has 16 heteroatoms. The molecule has 49 heavy (non-hydrogen) atoms. The van der Waals surface area contributed by atoms with Gasteiger partial charge in [0.1, 0.15) is 32.7 Å². The molecule has 2 atom stereocenters. The van der Waals surface area contributed by atoms with E-state index in [1.807, 2.05) is 67.6 Å². The molecule has 2 amide bonds. The minimum absolute atomic E-state index is 0.0569. The summed E-state index contributed by atoms with van der Waals surface area (Å²) < 4.78 is 11.4. The first kappa shape index (κ1) is 36.2. The van der Waals surface area contributed by atoms with E-state index in [2.05, 4.69) is 15.5 Å². The number of carbonyl (C=O) groups excluding carboxylic acids is 4. The number of halogens is 1. The van der Waals surface area contributed by atoms with Crippen molar-refractivity contribution in [2.24, 2.45) is 5.16 Å². The van der Waals surface area contributed by atoms with E-state index in [0.717, 1.165) is 22.5 Å². The van der Waals surface area contributed by atoms with E-state index in [4.69, 9.17) is 31.6 Å². The molecule has 258 valence electrons. The monoisotopic (exact) mass is 743 g/mol. The van der Waals surface area contributed by atoms with Crippen LogP contribution < -0.4 is 11.1 Å². The molecule has 0 aliphatic carbocycles. The minimum Gasteiger partial charge on any atom is -0.457 e. The third-order valence-electron chi connectivity index (χ3n) is 6.96. The third-order valence-corrected chi connectivity index (χ3v) is 10.5. The summed E-state index contributed by atoms with van der Waals surface area (Å²) in [5.74, 6) is -1.64. The highest BCUT2D eigenvalue weighted by atomic mass is 35.5. The van der Waals surface area contributed by atoms with Crippen molar-refractivity contribution in [2.75, 3.05) is 23.8 Å². The Bertz CT molecular complexity index is 1740. The zero-order chi connectivity index (χ0) is 35.3. The summed E-state index contributed by atoms with van der Waals surface area (Å²) >= 11 is 10.1. The summed E-state index contributed by atoms with van der Waals surface area (Å²) in [5, 5.41) is 5.97. The summed E-state index contributed by atoms with van der Waals surface area (Å²) in [4.78, 5) is 64.8. The molecule has 1 fully saturated rings. The molecule has 3 heterocycles. The summed E-state index contributed by atoms with van der Waals surface area (Å²) in [6.45, 7) is 6.45. The van der Waals surface area contributed by atoms with Gasteiger partial charge in [-0.15, -0.1) is 23.5 Å². The number of amides is 2. The molecule has 3 aromatic rings. The molecule has 0 bridgehead atoms. The number of nitrogens with two attached hydrogens (primary N) is 1. The average Bonchev–Trinajstić information content (AvgIpc) is 3.40. The van der Waals surface area contributed by atoms with Crippen molar-refractivity contribution in [2.45, 2.75) is 50.8 Å². The Morgan fingerprint density at radius 3 is 2.31 bits per heavy atom. The van der Waals surface area contributed by atoms with Crippen LogP contribution in [0.3, 0.4) is 0 Å². The lowest BCUT2D eigenvalue weighted by Gasteiger charge is -2.49. The van der Waals surface area contributed by atoms with Crippen LogP contribution in [0, 0.1) is 0 Å². The number of β-lactam (4-membered cyclic amide) rings is 1. The van der Waals surface area contributed by atoms with Gasteiger partial charge in [-0.25, -0.2) is 14.6 Å². The fourth-order valence-corrected chi connectivity index (χ4v) is 8.33. The summed E-state index contributed by atoms with van der Waals surface area (Å²) in [6, 6.07) is 17.7. The van der Waals surface area contributed by atoms with Crippen LogP contribution in [-0.4, -0.2) is 74.5 Å². The molecule has 1 saturated heterocycles. The second-order valence-corrected chi connectivity index (χ2v) is 15.7. The molecule has 2 aliphatic heterocycles. The van der Waals surface area contributed by atoms with Crippen molar-refractivity contribution in [1.29, 1.82) is 0 Å². The van der Waals surface area contributed by atoms with Crippen molar-refractivity contribution in [1.82, 2.24) is 15.2 Å². The van der Waals surface area contributed by atoms with E-state index >= 15 is 0 Å². The number of aromatic nitrogens is 1. The number of fused-ring (bicyclic) bond motifs is 1. The van der Waals surface area contributed by atoms with Crippen molar-refractivity contribution in [3.8, 4) is 0 Å². The van der Waals surface area contributed by atoms with E-state index in [9.17, 15) is 19.2 Å². The molecule has 2 aliphatic rings. The Morgan fingerprint density at radius 1 is 1.12 bits per heavy atom. The molecule has 0 radical (unpaired) electrons. The van der Waals surface area contributed by atoms with E-state index in [1.54, 1.807) is 20.8 Å². The zero-order valence-corrected chi connectivity index (χ0v) is 30.2. The third kappa shape index (κ3) is 8.58. The Labute approximate surface area is 300 Å². The highest BCUT2D eigenvalue weighted by Crippen LogP contribution is 2.44. The minimum atomic E-state index is -1.03. The van der Waals surface area contributed by atoms with E-state index in [1.165, 1.54) is 28.4 Å². The highest BCUT2D eigenvalue weighted by Gasteiger charge is 2.55. The number of thioether (sulfide) groups is 2. The fraction of sp³-hybridized carbons (Fsp3) is 0.333. The number of nitrogens with one attached hydrogen (secondary N) is 1. The maximum Gasteiger partial charge on any atom is 0.356 e. The fourth-order valence-electron chi connectivity index (χ4n) is 5.00. The van der Waals surface area contributed by atoms with Gasteiger partial charge in [0.2, 0.25) is 6.61 Å². The number of ether oxygens (including phenoxy) is 2. The Kier molecular flexibility index (Phi) is 11.6. The smallest absolute Gasteiger partial charge is 0.356 e. The first-order valence-corrected chi connectivity index (χ1v) is 18.4. The molecule has 1 aromatic heterocycles. The van der Waals surface area contributed by atoms with Crippen LogP contribution in [0.5, 0.6) is 0 Å². The average molecular weight is 744 g/mol. The van der Waals surface area contributed by atoms with Crippen LogP contribution in [0.4, 0.5) is 5.13 Å². The lowest BCUT2D eigenvalue weighted by molar-refractivity contribution is -0.160. The molecular formula is C33H34ClN5O7S3. The van der Waals surface area contributed by atoms with Gasteiger partial charge in [0.15, 0.2) is 16.9 Å². The Morgan fingerprint density at radius 2 is 1.76 bits per heavy atom. The van der Waals surface area contributed by atoms with Crippen molar-refractivity contribution < 1.29 is 33.5 Å². The lowest BCUT2D eigenvalue weighted by Crippen LogP contribution is -2.71. The van der Waals surface area contributed by atoms with Crippen LogP contribution >= 0.6 is 46.5 Å². The number of hydrogen-bond donors (Lipinski definition) is 2. The Hall–Kier alpha value is -4.05. The maximum absolute atomic E-state index is 14.0. The van der Waals surface area contributed by atoms with Gasteiger partial charge in [0.25, 0.3) is 11.8 Å². The predicted octanol–water partition coefficient (Wildman–Crippen LogP) is 5.14. The van der Waals surface area contributed by atoms with Gasteiger partial charge in [-0.05, 0) is 37.7 Å². The molecular weight excluding hydrogens is 710 g/mol. The number of rotatable bonds is 12. The normalized spacial score (nSPS) is 17.7. The van der Waals surface area contributed by atoms with Crippen LogP contribution in [-0.2, 0) is 33.5 Å². The van der Waals surface area contributed by atoms with E-state index < -0.39 is 53.5 Å². The van der Waals surface area contributed by atoms with Crippen LogP contribution in [0.25, 0.3) is 0 Å². The van der Waals surface area contributed by atoms with Gasteiger partial charge >= 0.3 is 11.9 Å². The summed E-state index contributed by atoms with van der Waals surface area (Å²) in [6.07, 6.45) is -0.718. The first-order chi connectivity index (χ1) is 23.4. The van der Waals surface area contributed by atoms with E-state index in [0.29, 0.717) is 16.4 Å². The predicted molar refractivity (Wildman–Crippen MR) is 191 cm³/mol. The SMILES string of the molecule is CCSC1=C(C(=O)OC(c2ccccc2)c2ccccc2)N2C(=O)C(NC(=O)/C(=N/OCC(=O)OC(C)(C)C)c3nc(N)sc3Cl)[C@H]2SC1. The topological polar surface area (TPSA) is 163 Å². The highest BCUT2D eigenvalue weighted by molar-refractivity contribution is 8.06. The van der Waals surface area contributed by atoms with Crippen LogP contribution in [0.2, 0.25) is 4.34 Å². The number of nitrogen functional groups attached to an aromatic ring is 1. The van der Waals surface area contributed by atoms with Crippen molar-refractivity contribution >= 4 is 81.1 Å².